The minimum absolute atomic E-state index is 0.00808. The summed E-state index contributed by atoms with van der Waals surface area (Å²) in [6.07, 6.45) is -6.06. The van der Waals surface area contributed by atoms with E-state index in [0.717, 1.165) is 18.2 Å². The number of nitrogens with zero attached hydrogens (tertiary/aromatic N) is 2. The second-order valence-electron chi connectivity index (χ2n) is 5.14. The number of alkyl halides is 7. The van der Waals surface area contributed by atoms with Gasteiger partial charge in [-0.3, -0.25) is 10.1 Å². The van der Waals surface area contributed by atoms with Gasteiger partial charge in [0.05, 0.1) is 16.2 Å². The van der Waals surface area contributed by atoms with E-state index in [1.165, 1.54) is 12.1 Å². The summed E-state index contributed by atoms with van der Waals surface area (Å²) >= 11 is 5.87. The van der Waals surface area contributed by atoms with Crippen molar-refractivity contribution < 1.29 is 40.1 Å². The summed E-state index contributed by atoms with van der Waals surface area (Å²) in [5, 5.41) is 13.2. The average molecular weight is 434 g/mol. The molecule has 0 spiro atoms. The molecule has 0 fully saturated rings. The molecule has 0 aliphatic heterocycles. The molecule has 0 unspecified atom stereocenters. The predicted octanol–water partition coefficient (Wildman–Crippen LogP) is 5.22. The maximum absolute atomic E-state index is 13.0. The highest BCUT2D eigenvalue weighted by Crippen LogP contribution is 2.45. The van der Waals surface area contributed by atoms with Gasteiger partial charge in [-0.1, -0.05) is 11.6 Å². The number of nitrogens with one attached hydrogen (secondary N) is 1. The summed E-state index contributed by atoms with van der Waals surface area (Å²) < 4.78 is 92.5. The van der Waals surface area contributed by atoms with Gasteiger partial charge in [0.2, 0.25) is 0 Å². The van der Waals surface area contributed by atoms with Crippen LogP contribution in [0.2, 0.25) is 5.02 Å². The first-order chi connectivity index (χ1) is 12.8. The van der Waals surface area contributed by atoms with Crippen LogP contribution in [0.3, 0.4) is 0 Å². The van der Waals surface area contributed by atoms with Crippen molar-refractivity contribution in [3.63, 3.8) is 0 Å². The number of halogens is 8. The van der Waals surface area contributed by atoms with E-state index in [9.17, 15) is 40.8 Å². The minimum atomic E-state index is -6.50. The van der Waals surface area contributed by atoms with Crippen LogP contribution in [0.1, 0.15) is 5.76 Å². The third kappa shape index (κ3) is 4.18. The number of hydrogen-bond donors (Lipinski definition) is 1. The molecule has 2 rings (SSSR count). The largest absolute Gasteiger partial charge is 0.462 e. The van der Waals surface area contributed by atoms with E-state index in [1.807, 2.05) is 0 Å². The number of benzene rings is 1. The lowest BCUT2D eigenvalue weighted by Crippen LogP contribution is -2.58. The fourth-order valence-electron chi connectivity index (χ4n) is 1.81. The summed E-state index contributed by atoms with van der Waals surface area (Å²) in [7, 11) is 0. The number of hydrazone groups is 1. The SMILES string of the molecule is O=[N+]([O-])c1ccc(-c2ccc(/C=N/NC(F)(F)C(F)(F)C(F)(F)F)o2)c(Cl)c1. The lowest BCUT2D eigenvalue weighted by molar-refractivity contribution is -0.384. The van der Waals surface area contributed by atoms with Gasteiger partial charge in [-0.2, -0.15) is 35.8 Å². The van der Waals surface area contributed by atoms with Gasteiger partial charge < -0.3 is 4.42 Å². The van der Waals surface area contributed by atoms with E-state index in [0.29, 0.717) is 11.6 Å². The highest BCUT2D eigenvalue weighted by Gasteiger charge is 2.73. The first kappa shape index (κ1) is 21.5. The predicted molar refractivity (Wildman–Crippen MR) is 82.5 cm³/mol. The first-order valence-electron chi connectivity index (χ1n) is 6.93. The zero-order chi connectivity index (χ0) is 21.3. The molecule has 1 aromatic heterocycles. The Morgan fingerprint density at radius 1 is 1.11 bits per heavy atom. The van der Waals surface area contributed by atoms with Gasteiger partial charge in [0.25, 0.3) is 5.69 Å². The summed E-state index contributed by atoms with van der Waals surface area (Å²) in [4.78, 5) is 9.95. The van der Waals surface area contributed by atoms with E-state index in [2.05, 4.69) is 5.10 Å². The number of nitro benzene ring substituents is 1. The molecular formula is C14H7ClF7N3O3. The van der Waals surface area contributed by atoms with Gasteiger partial charge in [-0.15, -0.1) is 0 Å². The Morgan fingerprint density at radius 2 is 1.75 bits per heavy atom. The third-order valence-corrected chi connectivity index (χ3v) is 3.52. The lowest BCUT2D eigenvalue weighted by Gasteiger charge is -2.27. The Hall–Kier alpha value is -2.83. The van der Waals surface area contributed by atoms with Crippen LogP contribution >= 0.6 is 11.6 Å². The first-order valence-corrected chi connectivity index (χ1v) is 7.31. The summed E-state index contributed by atoms with van der Waals surface area (Å²) in [6, 6.07) is 0.0256. The molecule has 0 amide bonds. The number of nitro groups is 1. The van der Waals surface area contributed by atoms with Crippen LogP contribution < -0.4 is 5.43 Å². The van der Waals surface area contributed by atoms with Crippen molar-refractivity contribution in [2.45, 2.75) is 18.1 Å². The highest BCUT2D eigenvalue weighted by atomic mass is 35.5. The van der Waals surface area contributed by atoms with Gasteiger partial charge in [0.1, 0.15) is 11.5 Å². The minimum Gasteiger partial charge on any atom is -0.455 e. The standard InChI is InChI=1S/C14H7ClF7N3O3/c15-10-5-7(25(26)27)1-3-9(10)11-4-2-8(28-11)6-23-24-14(21,22)12(16,17)13(18,19)20/h1-6,24H/b23-6+. The Bertz CT molecular complexity index is 912. The summed E-state index contributed by atoms with van der Waals surface area (Å²) in [5.74, 6) is -6.66. The maximum Gasteiger partial charge on any atom is 0.462 e. The molecule has 2 aromatic rings. The molecule has 0 bridgehead atoms. The fourth-order valence-corrected chi connectivity index (χ4v) is 2.08. The zero-order valence-electron chi connectivity index (χ0n) is 13.1. The molecule has 0 aliphatic carbocycles. The van der Waals surface area contributed by atoms with Gasteiger partial charge in [-0.25, -0.2) is 5.43 Å². The van der Waals surface area contributed by atoms with E-state index < -0.39 is 23.1 Å². The van der Waals surface area contributed by atoms with Crippen LogP contribution in [0, 0.1) is 10.1 Å². The zero-order valence-corrected chi connectivity index (χ0v) is 13.9. The van der Waals surface area contributed by atoms with Crippen LogP contribution in [-0.4, -0.2) is 29.3 Å². The molecule has 152 valence electrons. The monoisotopic (exact) mass is 433 g/mol. The van der Waals surface area contributed by atoms with Crippen molar-refractivity contribution >= 4 is 23.5 Å². The molecule has 1 aromatic carbocycles. The van der Waals surface area contributed by atoms with Crippen molar-refractivity contribution in [3.05, 3.63) is 51.2 Å². The van der Waals surface area contributed by atoms with Crippen LogP contribution in [-0.2, 0) is 0 Å². The van der Waals surface area contributed by atoms with Gasteiger partial charge >= 0.3 is 18.1 Å². The van der Waals surface area contributed by atoms with Crippen molar-refractivity contribution in [3.8, 4) is 11.3 Å². The Morgan fingerprint density at radius 3 is 2.29 bits per heavy atom. The van der Waals surface area contributed by atoms with E-state index in [1.54, 1.807) is 0 Å². The fraction of sp³-hybridized carbons (Fsp3) is 0.214. The Balaban J connectivity index is 2.16. The van der Waals surface area contributed by atoms with Gasteiger partial charge in [0.15, 0.2) is 0 Å². The average Bonchev–Trinajstić information content (AvgIpc) is 3.01. The van der Waals surface area contributed by atoms with E-state index in [-0.39, 0.29) is 27.8 Å². The second kappa shape index (κ2) is 7.30. The Labute approximate surface area is 155 Å². The van der Waals surface area contributed by atoms with Gasteiger partial charge in [-0.05, 0) is 18.2 Å². The molecule has 0 atom stereocenters. The number of non-ortho nitro benzene ring substituents is 1. The molecule has 1 N–H and O–H groups in total. The molecule has 0 aliphatic rings. The quantitative estimate of drug-likeness (QED) is 0.223. The Kier molecular flexibility index (Phi) is 5.59. The molecular weight excluding hydrogens is 427 g/mol. The van der Waals surface area contributed by atoms with E-state index in [4.69, 9.17) is 16.0 Å². The molecule has 28 heavy (non-hydrogen) atoms. The van der Waals surface area contributed by atoms with Crippen LogP contribution in [0.5, 0.6) is 0 Å². The molecule has 6 nitrogen and oxygen atoms in total. The molecule has 0 saturated carbocycles. The third-order valence-electron chi connectivity index (χ3n) is 3.20. The van der Waals surface area contributed by atoms with E-state index >= 15 is 0 Å². The van der Waals surface area contributed by atoms with Crippen molar-refractivity contribution in [2.75, 3.05) is 0 Å². The number of hydrogen-bond acceptors (Lipinski definition) is 5. The summed E-state index contributed by atoms with van der Waals surface area (Å²) in [6.45, 7) is 0. The smallest absolute Gasteiger partial charge is 0.455 e. The highest BCUT2D eigenvalue weighted by molar-refractivity contribution is 6.33. The van der Waals surface area contributed by atoms with Crippen molar-refractivity contribution in [1.29, 1.82) is 0 Å². The van der Waals surface area contributed by atoms with Crippen LogP contribution in [0.15, 0.2) is 39.9 Å². The molecule has 0 radical (unpaired) electrons. The molecule has 0 saturated heterocycles. The van der Waals surface area contributed by atoms with Crippen molar-refractivity contribution in [2.24, 2.45) is 5.10 Å². The number of furan rings is 1. The second-order valence-corrected chi connectivity index (χ2v) is 5.55. The van der Waals surface area contributed by atoms with Crippen LogP contribution in [0.4, 0.5) is 36.4 Å². The normalized spacial score (nSPS) is 13.1. The summed E-state index contributed by atoms with van der Waals surface area (Å²) in [5.41, 5.74) is 0.308. The topological polar surface area (TPSA) is 80.7 Å². The van der Waals surface area contributed by atoms with Gasteiger partial charge in [0, 0.05) is 17.7 Å². The molecule has 1 heterocycles. The number of rotatable bonds is 6. The van der Waals surface area contributed by atoms with Crippen LogP contribution in [0.25, 0.3) is 11.3 Å². The molecule has 14 heteroatoms. The lowest BCUT2D eigenvalue weighted by atomic mass is 10.1. The van der Waals surface area contributed by atoms with Crippen molar-refractivity contribution in [1.82, 2.24) is 5.43 Å². The maximum atomic E-state index is 13.0.